The maximum atomic E-state index is 11.0. The van der Waals surface area contributed by atoms with Gasteiger partial charge in [0.05, 0.1) is 4.88 Å². The van der Waals surface area contributed by atoms with Crippen molar-refractivity contribution >= 4 is 22.9 Å². The van der Waals surface area contributed by atoms with Gasteiger partial charge in [0, 0.05) is 27.4 Å². The molecular weight excluding hydrogens is 368 g/mol. The number of halogens is 1. The predicted molar refractivity (Wildman–Crippen MR) is 103 cm³/mol. The first-order valence-electron chi connectivity index (χ1n) is 7.98. The molecule has 5 nitrogen and oxygen atoms in total. The molecule has 0 aliphatic heterocycles. The fourth-order valence-corrected chi connectivity index (χ4v) is 4.03. The Balaban J connectivity index is 1.83. The molecule has 0 aliphatic carbocycles. The highest BCUT2D eigenvalue weighted by Crippen LogP contribution is 2.41. The Bertz CT molecular complexity index is 1030. The number of aliphatic hydroxyl groups is 1. The predicted octanol–water partition coefficient (Wildman–Crippen LogP) is 4.64. The van der Waals surface area contributed by atoms with Crippen molar-refractivity contribution in [1.29, 1.82) is 0 Å². The Morgan fingerprint density at radius 3 is 2.62 bits per heavy atom. The molecule has 1 atom stereocenters. The molecule has 0 bridgehead atoms. The van der Waals surface area contributed by atoms with E-state index in [0.717, 1.165) is 32.1 Å². The van der Waals surface area contributed by atoms with Crippen LogP contribution in [-0.4, -0.2) is 25.3 Å². The van der Waals surface area contributed by atoms with Gasteiger partial charge in [0.1, 0.15) is 12.4 Å². The lowest BCUT2D eigenvalue weighted by Crippen LogP contribution is -2.00. The van der Waals surface area contributed by atoms with Crippen LogP contribution in [0.2, 0.25) is 5.02 Å². The molecule has 0 saturated heterocycles. The minimum atomic E-state index is -0.791. The summed E-state index contributed by atoms with van der Waals surface area (Å²) in [6.07, 6.45) is 2.46. The van der Waals surface area contributed by atoms with Crippen LogP contribution >= 0.6 is 22.9 Å². The van der Waals surface area contributed by atoms with E-state index in [9.17, 15) is 5.11 Å². The highest BCUT2D eigenvalue weighted by atomic mass is 35.5. The van der Waals surface area contributed by atoms with Crippen molar-refractivity contribution in [3.63, 3.8) is 0 Å². The number of hydrogen-bond donors (Lipinski definition) is 2. The summed E-state index contributed by atoms with van der Waals surface area (Å²) in [6, 6.07) is 13.2. The highest BCUT2D eigenvalue weighted by molar-refractivity contribution is 7.19. The van der Waals surface area contributed by atoms with Crippen LogP contribution in [0, 0.1) is 6.92 Å². The largest absolute Gasteiger partial charge is 0.384 e. The van der Waals surface area contributed by atoms with Crippen molar-refractivity contribution in [2.45, 2.75) is 13.0 Å². The first kappa shape index (κ1) is 16.9. The normalized spacial score (nSPS) is 12.3. The molecule has 0 amide bonds. The Hall–Kier alpha value is -2.54. The van der Waals surface area contributed by atoms with Gasteiger partial charge in [0.2, 0.25) is 0 Å². The van der Waals surface area contributed by atoms with E-state index in [1.807, 2.05) is 37.3 Å². The van der Waals surface area contributed by atoms with E-state index in [-0.39, 0.29) is 0 Å². The van der Waals surface area contributed by atoms with Crippen LogP contribution in [0.5, 0.6) is 0 Å². The molecule has 0 radical (unpaired) electrons. The fourth-order valence-electron chi connectivity index (χ4n) is 2.77. The summed E-state index contributed by atoms with van der Waals surface area (Å²) in [6.45, 7) is 1.96. The minimum Gasteiger partial charge on any atom is -0.384 e. The molecule has 7 heteroatoms. The van der Waals surface area contributed by atoms with Crippen LogP contribution in [0.3, 0.4) is 0 Å². The fraction of sp³-hybridized carbons (Fsp3) is 0.105. The Kier molecular flexibility index (Phi) is 4.55. The molecular formula is C19H15ClN4OS. The third kappa shape index (κ3) is 3.26. The molecule has 0 fully saturated rings. The standard InChI is InChI=1S/C19H15ClN4OS/c1-11-8-13(6-7-21-11)16-9-15(18(26-16)19-22-10-23-24-19)17(25)12-2-4-14(20)5-3-12/h2-10,17,25H,1H3,(H,22,23,24). The van der Waals surface area contributed by atoms with E-state index in [2.05, 4.69) is 20.2 Å². The van der Waals surface area contributed by atoms with Crippen LogP contribution in [0.4, 0.5) is 0 Å². The van der Waals surface area contributed by atoms with Gasteiger partial charge in [-0.1, -0.05) is 23.7 Å². The van der Waals surface area contributed by atoms with E-state index in [1.165, 1.54) is 6.33 Å². The second-order valence-corrected chi connectivity index (χ2v) is 7.36. The summed E-state index contributed by atoms with van der Waals surface area (Å²) in [5.41, 5.74) is 3.54. The lowest BCUT2D eigenvalue weighted by Gasteiger charge is -2.11. The van der Waals surface area contributed by atoms with Gasteiger partial charge in [0.25, 0.3) is 0 Å². The van der Waals surface area contributed by atoms with Crippen LogP contribution in [0.1, 0.15) is 22.9 Å². The van der Waals surface area contributed by atoms with Gasteiger partial charge in [-0.3, -0.25) is 10.1 Å². The smallest absolute Gasteiger partial charge is 0.165 e. The number of aromatic amines is 1. The lowest BCUT2D eigenvalue weighted by molar-refractivity contribution is 0.221. The number of aryl methyl sites for hydroxylation is 1. The summed E-state index contributed by atoms with van der Waals surface area (Å²) in [5.74, 6) is 0.634. The molecule has 4 aromatic rings. The van der Waals surface area contributed by atoms with Gasteiger partial charge >= 0.3 is 0 Å². The summed E-state index contributed by atoms with van der Waals surface area (Å²) in [5, 5.41) is 18.4. The van der Waals surface area contributed by atoms with E-state index in [0.29, 0.717) is 10.8 Å². The zero-order chi connectivity index (χ0) is 18.1. The number of hydrogen-bond acceptors (Lipinski definition) is 5. The number of rotatable bonds is 4. The van der Waals surface area contributed by atoms with Crippen LogP contribution < -0.4 is 0 Å². The third-order valence-corrected chi connectivity index (χ3v) is 5.51. The SMILES string of the molecule is Cc1cc(-c2cc(C(O)c3ccc(Cl)cc3)c(-c3ncn[nH]3)s2)ccn1. The van der Waals surface area contributed by atoms with Crippen LogP contribution in [0.25, 0.3) is 21.1 Å². The topological polar surface area (TPSA) is 74.7 Å². The third-order valence-electron chi connectivity index (χ3n) is 4.05. The summed E-state index contributed by atoms with van der Waals surface area (Å²) >= 11 is 7.52. The second kappa shape index (κ2) is 6.99. The van der Waals surface area contributed by atoms with E-state index >= 15 is 0 Å². The molecule has 26 heavy (non-hydrogen) atoms. The monoisotopic (exact) mass is 382 g/mol. The van der Waals surface area contributed by atoms with Gasteiger partial charge in [0.15, 0.2) is 5.82 Å². The zero-order valence-electron chi connectivity index (χ0n) is 13.8. The van der Waals surface area contributed by atoms with E-state index in [1.54, 1.807) is 29.7 Å². The lowest BCUT2D eigenvalue weighted by atomic mass is 10.0. The summed E-state index contributed by atoms with van der Waals surface area (Å²) in [4.78, 5) is 10.4. The maximum absolute atomic E-state index is 11.0. The molecule has 130 valence electrons. The minimum absolute atomic E-state index is 0.634. The molecule has 0 aliphatic rings. The van der Waals surface area contributed by atoms with E-state index < -0.39 is 6.10 Å². The Labute approximate surface area is 159 Å². The number of pyridine rings is 1. The summed E-state index contributed by atoms with van der Waals surface area (Å²) < 4.78 is 0. The molecule has 2 N–H and O–H groups in total. The number of H-pyrrole nitrogens is 1. The second-order valence-electron chi connectivity index (χ2n) is 5.87. The molecule has 4 rings (SSSR count). The van der Waals surface area contributed by atoms with Crippen molar-refractivity contribution in [2.24, 2.45) is 0 Å². The van der Waals surface area contributed by atoms with Gasteiger partial charge in [-0.05, 0) is 48.4 Å². The van der Waals surface area contributed by atoms with Crippen LogP contribution in [-0.2, 0) is 0 Å². The van der Waals surface area contributed by atoms with Crippen molar-refractivity contribution < 1.29 is 5.11 Å². The number of nitrogens with one attached hydrogen (secondary N) is 1. The zero-order valence-corrected chi connectivity index (χ0v) is 15.4. The molecule has 3 aromatic heterocycles. The van der Waals surface area contributed by atoms with Crippen molar-refractivity contribution in [2.75, 3.05) is 0 Å². The molecule has 0 saturated carbocycles. The molecule has 1 aromatic carbocycles. The number of aromatic nitrogens is 4. The highest BCUT2D eigenvalue weighted by Gasteiger charge is 2.21. The number of nitrogens with zero attached hydrogens (tertiary/aromatic N) is 3. The van der Waals surface area contributed by atoms with Crippen molar-refractivity contribution in [3.8, 4) is 21.1 Å². The summed E-state index contributed by atoms with van der Waals surface area (Å²) in [7, 11) is 0. The van der Waals surface area contributed by atoms with Crippen LogP contribution in [0.15, 0.2) is 55.0 Å². The number of aliphatic hydroxyl groups excluding tert-OH is 1. The first-order chi connectivity index (χ1) is 12.6. The quantitative estimate of drug-likeness (QED) is 0.539. The van der Waals surface area contributed by atoms with Crippen molar-refractivity contribution in [1.82, 2.24) is 20.2 Å². The van der Waals surface area contributed by atoms with Gasteiger partial charge in [-0.25, -0.2) is 4.98 Å². The maximum Gasteiger partial charge on any atom is 0.165 e. The number of thiophene rings is 1. The van der Waals surface area contributed by atoms with Crippen molar-refractivity contribution in [3.05, 3.63) is 76.8 Å². The molecule has 0 spiro atoms. The van der Waals surface area contributed by atoms with Gasteiger partial charge in [-0.2, -0.15) is 5.10 Å². The molecule has 1 unspecified atom stereocenters. The average molecular weight is 383 g/mol. The average Bonchev–Trinajstić information content (AvgIpc) is 3.31. The van der Waals surface area contributed by atoms with Gasteiger partial charge in [-0.15, -0.1) is 11.3 Å². The van der Waals surface area contributed by atoms with Gasteiger partial charge < -0.3 is 5.11 Å². The first-order valence-corrected chi connectivity index (χ1v) is 9.17. The van der Waals surface area contributed by atoms with E-state index in [4.69, 9.17) is 11.6 Å². The Morgan fingerprint density at radius 2 is 1.92 bits per heavy atom. The molecule has 3 heterocycles. The Morgan fingerprint density at radius 1 is 1.12 bits per heavy atom. The number of benzene rings is 1.